The highest BCUT2D eigenvalue weighted by Crippen LogP contribution is 2.24. The number of rotatable bonds is 6. The molecular formula is C16H23BrN4. The van der Waals surface area contributed by atoms with Gasteiger partial charge in [0.2, 0.25) is 0 Å². The van der Waals surface area contributed by atoms with Gasteiger partial charge in [-0.3, -0.25) is 9.58 Å². The van der Waals surface area contributed by atoms with E-state index < -0.39 is 0 Å². The fourth-order valence-electron chi connectivity index (χ4n) is 2.45. The minimum absolute atomic E-state index is 0.829. The molecule has 0 unspecified atom stereocenters. The predicted octanol–water partition coefficient (Wildman–Crippen LogP) is 3.44. The fourth-order valence-corrected chi connectivity index (χ4v) is 3.14. The number of aromatic nitrogens is 2. The molecule has 0 bridgehead atoms. The lowest BCUT2D eigenvalue weighted by atomic mass is 10.1. The molecular weight excluding hydrogens is 328 g/mol. The second-order valence-electron chi connectivity index (χ2n) is 5.25. The van der Waals surface area contributed by atoms with Crippen LogP contribution in [0.5, 0.6) is 0 Å². The highest BCUT2D eigenvalue weighted by atomic mass is 79.9. The molecule has 0 atom stereocenters. The largest absolute Gasteiger partial charge is 0.398 e. The highest BCUT2D eigenvalue weighted by molar-refractivity contribution is 9.10. The van der Waals surface area contributed by atoms with Crippen molar-refractivity contribution in [2.24, 2.45) is 0 Å². The van der Waals surface area contributed by atoms with Gasteiger partial charge in [0.25, 0.3) is 0 Å². The van der Waals surface area contributed by atoms with Gasteiger partial charge in [-0.05, 0) is 48.0 Å². The summed E-state index contributed by atoms with van der Waals surface area (Å²) in [7, 11) is 2.11. The van der Waals surface area contributed by atoms with E-state index >= 15 is 0 Å². The Morgan fingerprint density at radius 2 is 1.95 bits per heavy atom. The van der Waals surface area contributed by atoms with Gasteiger partial charge >= 0.3 is 0 Å². The molecule has 0 aliphatic heterocycles. The van der Waals surface area contributed by atoms with Crippen LogP contribution in [0, 0.1) is 0 Å². The van der Waals surface area contributed by atoms with Gasteiger partial charge in [-0.25, -0.2) is 0 Å². The second kappa shape index (κ2) is 7.09. The maximum absolute atomic E-state index is 6.02. The van der Waals surface area contributed by atoms with Crippen molar-refractivity contribution in [1.29, 1.82) is 0 Å². The molecule has 0 spiro atoms. The lowest BCUT2D eigenvalue weighted by Gasteiger charge is -2.18. The topological polar surface area (TPSA) is 47.1 Å². The SMILES string of the molecule is CCc1nn(CC)c(CN(C)Cc2ccccc2N)c1Br. The molecule has 114 valence electrons. The Morgan fingerprint density at radius 1 is 1.24 bits per heavy atom. The third-order valence-electron chi connectivity index (χ3n) is 3.61. The third-order valence-corrected chi connectivity index (χ3v) is 4.52. The van der Waals surface area contributed by atoms with Crippen LogP contribution >= 0.6 is 15.9 Å². The molecule has 1 aromatic carbocycles. The minimum Gasteiger partial charge on any atom is -0.398 e. The zero-order valence-corrected chi connectivity index (χ0v) is 14.5. The first-order chi connectivity index (χ1) is 10.1. The van der Waals surface area contributed by atoms with Crippen LogP contribution in [0.25, 0.3) is 0 Å². The van der Waals surface area contributed by atoms with Gasteiger partial charge in [0.15, 0.2) is 0 Å². The van der Waals surface area contributed by atoms with E-state index in [9.17, 15) is 0 Å². The Morgan fingerprint density at radius 3 is 2.57 bits per heavy atom. The van der Waals surface area contributed by atoms with Gasteiger partial charge in [0.1, 0.15) is 0 Å². The average molecular weight is 351 g/mol. The van der Waals surface area contributed by atoms with E-state index in [2.05, 4.69) is 57.6 Å². The summed E-state index contributed by atoms with van der Waals surface area (Å²) in [6.07, 6.45) is 0.940. The molecule has 0 aliphatic rings. The van der Waals surface area contributed by atoms with Crippen molar-refractivity contribution in [2.45, 2.75) is 39.9 Å². The molecule has 0 aliphatic carbocycles. The zero-order chi connectivity index (χ0) is 15.4. The fraction of sp³-hybridized carbons (Fsp3) is 0.438. The van der Waals surface area contributed by atoms with Crippen LogP contribution in [0.15, 0.2) is 28.7 Å². The van der Waals surface area contributed by atoms with Gasteiger partial charge in [-0.15, -0.1) is 0 Å². The summed E-state index contributed by atoms with van der Waals surface area (Å²) in [5, 5.41) is 4.64. The molecule has 0 amide bonds. The van der Waals surface area contributed by atoms with Crippen molar-refractivity contribution >= 4 is 21.6 Å². The first-order valence-corrected chi connectivity index (χ1v) is 8.12. The number of hydrogen-bond acceptors (Lipinski definition) is 3. The number of halogens is 1. The van der Waals surface area contributed by atoms with E-state index in [4.69, 9.17) is 5.73 Å². The van der Waals surface area contributed by atoms with Crippen LogP contribution in [0.1, 0.15) is 30.8 Å². The van der Waals surface area contributed by atoms with Crippen molar-refractivity contribution in [1.82, 2.24) is 14.7 Å². The number of nitrogens with zero attached hydrogens (tertiary/aromatic N) is 3. The van der Waals surface area contributed by atoms with E-state index in [0.717, 1.165) is 47.5 Å². The Labute approximate surface area is 135 Å². The highest BCUT2D eigenvalue weighted by Gasteiger charge is 2.15. The summed E-state index contributed by atoms with van der Waals surface area (Å²) in [6.45, 7) is 6.81. The molecule has 2 N–H and O–H groups in total. The van der Waals surface area contributed by atoms with Gasteiger partial charge in [0, 0.05) is 25.3 Å². The van der Waals surface area contributed by atoms with Gasteiger partial charge in [-0.1, -0.05) is 25.1 Å². The lowest BCUT2D eigenvalue weighted by Crippen LogP contribution is -2.20. The lowest BCUT2D eigenvalue weighted by molar-refractivity contribution is 0.307. The van der Waals surface area contributed by atoms with E-state index in [1.807, 2.05) is 18.2 Å². The van der Waals surface area contributed by atoms with Crippen LogP contribution in [0.2, 0.25) is 0 Å². The summed E-state index contributed by atoms with van der Waals surface area (Å²) in [5.74, 6) is 0. The molecule has 1 aromatic heterocycles. The summed E-state index contributed by atoms with van der Waals surface area (Å²) in [6, 6.07) is 8.02. The van der Waals surface area contributed by atoms with E-state index in [1.165, 1.54) is 5.69 Å². The summed E-state index contributed by atoms with van der Waals surface area (Å²) in [5.41, 5.74) is 10.4. The normalized spacial score (nSPS) is 11.3. The summed E-state index contributed by atoms with van der Waals surface area (Å²) < 4.78 is 3.22. The Balaban J connectivity index is 2.14. The maximum atomic E-state index is 6.02. The average Bonchev–Trinajstić information content (AvgIpc) is 2.77. The Kier molecular flexibility index (Phi) is 5.42. The minimum atomic E-state index is 0.829. The van der Waals surface area contributed by atoms with Crippen molar-refractivity contribution in [3.05, 3.63) is 45.7 Å². The van der Waals surface area contributed by atoms with Crippen LogP contribution in [-0.2, 0) is 26.1 Å². The van der Waals surface area contributed by atoms with Crippen molar-refractivity contribution in [3.63, 3.8) is 0 Å². The molecule has 4 nitrogen and oxygen atoms in total. The number of anilines is 1. The monoisotopic (exact) mass is 350 g/mol. The zero-order valence-electron chi connectivity index (χ0n) is 12.9. The van der Waals surface area contributed by atoms with E-state index in [0.29, 0.717) is 0 Å². The van der Waals surface area contributed by atoms with Crippen LogP contribution < -0.4 is 5.73 Å². The second-order valence-corrected chi connectivity index (χ2v) is 6.04. The number of nitrogens with two attached hydrogens (primary N) is 1. The maximum Gasteiger partial charge on any atom is 0.0767 e. The first kappa shape index (κ1) is 16.0. The first-order valence-electron chi connectivity index (χ1n) is 7.32. The van der Waals surface area contributed by atoms with E-state index in [-0.39, 0.29) is 0 Å². The number of nitrogen functional groups attached to an aromatic ring is 1. The molecule has 1 heterocycles. The molecule has 0 fully saturated rings. The smallest absolute Gasteiger partial charge is 0.0767 e. The Hall–Kier alpha value is -1.33. The molecule has 0 saturated heterocycles. The van der Waals surface area contributed by atoms with Crippen LogP contribution in [0.4, 0.5) is 5.69 Å². The van der Waals surface area contributed by atoms with Gasteiger partial charge < -0.3 is 5.73 Å². The molecule has 0 saturated carbocycles. The molecule has 5 heteroatoms. The number of hydrogen-bond donors (Lipinski definition) is 1. The van der Waals surface area contributed by atoms with Gasteiger partial charge in [-0.2, -0.15) is 5.10 Å². The van der Waals surface area contributed by atoms with Crippen LogP contribution in [-0.4, -0.2) is 21.7 Å². The standard InChI is InChI=1S/C16H23BrN4/c1-4-14-16(17)15(21(5-2)19-14)11-20(3)10-12-8-6-7-9-13(12)18/h6-9H,4-5,10-11,18H2,1-3H3. The number of aryl methyl sites for hydroxylation is 2. The van der Waals surface area contributed by atoms with Gasteiger partial charge in [0.05, 0.1) is 15.9 Å². The number of benzene rings is 1. The van der Waals surface area contributed by atoms with Crippen molar-refractivity contribution < 1.29 is 0 Å². The van der Waals surface area contributed by atoms with E-state index in [1.54, 1.807) is 0 Å². The molecule has 2 rings (SSSR count). The molecule has 0 radical (unpaired) electrons. The third kappa shape index (κ3) is 3.66. The summed E-state index contributed by atoms with van der Waals surface area (Å²) >= 11 is 3.70. The molecule has 2 aromatic rings. The predicted molar refractivity (Wildman–Crippen MR) is 91.0 cm³/mol. The summed E-state index contributed by atoms with van der Waals surface area (Å²) in [4.78, 5) is 2.26. The van der Waals surface area contributed by atoms with Crippen molar-refractivity contribution in [3.8, 4) is 0 Å². The quantitative estimate of drug-likeness (QED) is 0.811. The van der Waals surface area contributed by atoms with Crippen LogP contribution in [0.3, 0.4) is 0 Å². The number of para-hydroxylation sites is 1. The molecule has 21 heavy (non-hydrogen) atoms. The van der Waals surface area contributed by atoms with Crippen molar-refractivity contribution in [2.75, 3.05) is 12.8 Å². The Bertz CT molecular complexity index is 606.